The number of carbonyl (C=O) groups is 1. The molecule has 1 heterocycles. The number of ether oxygens (including phenoxy) is 2. The maximum atomic E-state index is 12.1. The average molecular weight is 400 g/mol. The van der Waals surface area contributed by atoms with Crippen LogP contribution in [0.1, 0.15) is 38.2 Å². The van der Waals surface area contributed by atoms with E-state index in [-0.39, 0.29) is 30.3 Å². The van der Waals surface area contributed by atoms with E-state index in [2.05, 4.69) is 0 Å². The molecule has 7 nitrogen and oxygen atoms in total. The Balaban J connectivity index is 1.64. The van der Waals surface area contributed by atoms with Gasteiger partial charge < -0.3 is 14.4 Å². The van der Waals surface area contributed by atoms with Crippen molar-refractivity contribution in [1.82, 2.24) is 4.90 Å². The predicted molar refractivity (Wildman–Crippen MR) is 101 cm³/mol. The van der Waals surface area contributed by atoms with Gasteiger partial charge in [-0.1, -0.05) is 31.0 Å². The van der Waals surface area contributed by atoms with Gasteiger partial charge in [0.2, 0.25) is 0 Å². The third-order valence-electron chi connectivity index (χ3n) is 4.41. The Morgan fingerprint density at radius 3 is 2.41 bits per heavy atom. The van der Waals surface area contributed by atoms with E-state index in [0.29, 0.717) is 32.5 Å². The van der Waals surface area contributed by atoms with Crippen LogP contribution in [0.3, 0.4) is 0 Å². The van der Waals surface area contributed by atoms with Crippen molar-refractivity contribution < 1.29 is 26.9 Å². The summed E-state index contributed by atoms with van der Waals surface area (Å²) in [7, 11) is -3.76. The fraction of sp³-hybridized carbons (Fsp3) is 0.632. The summed E-state index contributed by atoms with van der Waals surface area (Å²) in [4.78, 5) is 13.7. The number of piperidine rings is 1. The molecule has 0 atom stereocenters. The van der Waals surface area contributed by atoms with Gasteiger partial charge in [-0.3, -0.25) is 4.18 Å². The second kappa shape index (κ2) is 10.6. The minimum atomic E-state index is -3.76. The van der Waals surface area contributed by atoms with Gasteiger partial charge in [0.1, 0.15) is 0 Å². The number of carbonyl (C=O) groups excluding carboxylic acids is 1. The highest BCUT2D eigenvalue weighted by atomic mass is 32.2. The minimum absolute atomic E-state index is 0.00429. The van der Waals surface area contributed by atoms with Gasteiger partial charge in [0.25, 0.3) is 10.1 Å². The first kappa shape index (κ1) is 21.7. The Morgan fingerprint density at radius 2 is 1.78 bits per heavy atom. The van der Waals surface area contributed by atoms with Crippen molar-refractivity contribution in [3.8, 4) is 0 Å². The lowest BCUT2D eigenvalue weighted by Gasteiger charge is -2.31. The molecule has 0 spiro atoms. The summed E-state index contributed by atoms with van der Waals surface area (Å²) in [6, 6.07) is 6.52. The van der Waals surface area contributed by atoms with E-state index in [0.717, 1.165) is 18.4 Å². The molecule has 8 heteroatoms. The highest BCUT2D eigenvalue weighted by molar-refractivity contribution is 7.86. The number of rotatable bonds is 9. The zero-order valence-electron chi connectivity index (χ0n) is 16.1. The molecule has 1 saturated heterocycles. The molecule has 0 saturated carbocycles. The van der Waals surface area contributed by atoms with Crippen LogP contribution in [0.2, 0.25) is 0 Å². The lowest BCUT2D eigenvalue weighted by Crippen LogP contribution is -2.41. The van der Waals surface area contributed by atoms with Crippen LogP contribution in [0.25, 0.3) is 0 Å². The molecule has 27 heavy (non-hydrogen) atoms. The van der Waals surface area contributed by atoms with E-state index in [1.807, 2.05) is 13.8 Å². The fourth-order valence-corrected chi connectivity index (χ4v) is 3.62. The van der Waals surface area contributed by atoms with E-state index >= 15 is 0 Å². The van der Waals surface area contributed by atoms with E-state index in [1.165, 1.54) is 12.1 Å². The number of hydrogen-bond acceptors (Lipinski definition) is 6. The quantitative estimate of drug-likeness (QED) is 0.469. The van der Waals surface area contributed by atoms with Crippen LogP contribution in [0.5, 0.6) is 0 Å². The van der Waals surface area contributed by atoms with E-state index in [1.54, 1.807) is 17.0 Å². The first-order valence-corrected chi connectivity index (χ1v) is 10.8. The first-order valence-electron chi connectivity index (χ1n) is 9.42. The van der Waals surface area contributed by atoms with Crippen molar-refractivity contribution in [2.75, 3.05) is 32.9 Å². The largest absolute Gasteiger partial charge is 0.449 e. The van der Waals surface area contributed by atoms with Gasteiger partial charge >= 0.3 is 6.09 Å². The van der Waals surface area contributed by atoms with E-state index in [4.69, 9.17) is 13.7 Å². The van der Waals surface area contributed by atoms with Crippen LogP contribution in [0.15, 0.2) is 29.2 Å². The molecular weight excluding hydrogens is 370 g/mol. The van der Waals surface area contributed by atoms with Crippen molar-refractivity contribution in [3.63, 3.8) is 0 Å². The number of amides is 1. The van der Waals surface area contributed by atoms with Crippen LogP contribution in [0.4, 0.5) is 4.79 Å². The van der Waals surface area contributed by atoms with Gasteiger partial charge in [-0.2, -0.15) is 8.42 Å². The average Bonchev–Trinajstić information content (AvgIpc) is 2.66. The van der Waals surface area contributed by atoms with E-state index in [9.17, 15) is 13.2 Å². The van der Waals surface area contributed by atoms with Crippen molar-refractivity contribution >= 4 is 16.2 Å². The molecule has 1 aliphatic heterocycles. The molecule has 0 aliphatic carbocycles. The smallest absolute Gasteiger partial charge is 0.409 e. The molecule has 0 radical (unpaired) electrons. The highest BCUT2D eigenvalue weighted by Gasteiger charge is 2.24. The van der Waals surface area contributed by atoms with Crippen LogP contribution < -0.4 is 0 Å². The maximum Gasteiger partial charge on any atom is 0.409 e. The van der Waals surface area contributed by atoms with Gasteiger partial charge in [-0.15, -0.1) is 0 Å². The van der Waals surface area contributed by atoms with Crippen LogP contribution in [-0.4, -0.2) is 58.4 Å². The second-order valence-corrected chi connectivity index (χ2v) is 8.23. The molecule has 1 amide bonds. The van der Waals surface area contributed by atoms with Gasteiger partial charge in [0.15, 0.2) is 0 Å². The zero-order chi connectivity index (χ0) is 19.7. The Hall–Kier alpha value is -1.64. The fourth-order valence-electron chi connectivity index (χ4n) is 2.73. The minimum Gasteiger partial charge on any atom is -0.449 e. The van der Waals surface area contributed by atoms with Crippen molar-refractivity contribution in [1.29, 1.82) is 0 Å². The van der Waals surface area contributed by atoms with Crippen molar-refractivity contribution in [2.24, 2.45) is 0 Å². The molecule has 1 fully saturated rings. The Labute approximate surface area is 161 Å². The molecule has 0 N–H and O–H groups in total. The molecule has 0 aromatic heterocycles. The Morgan fingerprint density at radius 1 is 1.11 bits per heavy atom. The monoisotopic (exact) mass is 399 g/mol. The number of hydrogen-bond donors (Lipinski definition) is 0. The topological polar surface area (TPSA) is 82.1 Å². The number of nitrogens with zero attached hydrogens (tertiary/aromatic N) is 1. The predicted octanol–water partition coefficient (Wildman–Crippen LogP) is 3.12. The van der Waals surface area contributed by atoms with Crippen molar-refractivity contribution in [2.45, 2.75) is 50.5 Å². The third kappa shape index (κ3) is 7.12. The van der Waals surface area contributed by atoms with Gasteiger partial charge in [-0.25, -0.2) is 4.79 Å². The maximum absolute atomic E-state index is 12.1. The summed E-state index contributed by atoms with van der Waals surface area (Å²) in [6.45, 7) is 5.72. The molecule has 1 aliphatic rings. The summed E-state index contributed by atoms with van der Waals surface area (Å²) < 4.78 is 40.1. The lowest BCUT2D eigenvalue weighted by molar-refractivity contribution is -0.00449. The Bertz CT molecular complexity index is 681. The third-order valence-corrected chi connectivity index (χ3v) is 5.74. The van der Waals surface area contributed by atoms with Crippen molar-refractivity contribution in [3.05, 3.63) is 29.8 Å². The summed E-state index contributed by atoms with van der Waals surface area (Å²) in [5, 5.41) is 0. The lowest BCUT2D eigenvalue weighted by atomic mass is 10.1. The SMILES string of the molecule is CCCCOC(=O)N1CCC(OCCOS(=O)(=O)c2ccc(C)cc2)CC1. The molecule has 152 valence electrons. The first-order chi connectivity index (χ1) is 12.9. The second-order valence-electron chi connectivity index (χ2n) is 6.61. The molecular formula is C19H29NO6S. The zero-order valence-corrected chi connectivity index (χ0v) is 16.9. The van der Waals surface area contributed by atoms with Crippen LogP contribution in [0, 0.1) is 6.92 Å². The summed E-state index contributed by atoms with van der Waals surface area (Å²) in [5.74, 6) is 0. The summed E-state index contributed by atoms with van der Waals surface area (Å²) in [6.07, 6.45) is 2.99. The van der Waals surface area contributed by atoms with Gasteiger partial charge in [-0.05, 0) is 38.3 Å². The summed E-state index contributed by atoms with van der Waals surface area (Å²) in [5.41, 5.74) is 0.984. The number of aryl methyl sites for hydroxylation is 1. The molecule has 2 rings (SSSR count). The summed E-state index contributed by atoms with van der Waals surface area (Å²) >= 11 is 0. The van der Waals surface area contributed by atoms with E-state index < -0.39 is 10.1 Å². The number of benzene rings is 1. The molecule has 1 aromatic rings. The highest BCUT2D eigenvalue weighted by Crippen LogP contribution is 2.16. The Kier molecular flexibility index (Phi) is 8.53. The standard InChI is InChI=1S/C19H29NO6S/c1-3-4-13-25-19(21)20-11-9-17(10-12-20)24-14-15-26-27(22,23)18-7-5-16(2)6-8-18/h5-8,17H,3-4,9-15H2,1-2H3. The molecule has 0 unspecified atom stereocenters. The molecule has 1 aromatic carbocycles. The van der Waals surface area contributed by atoms with Gasteiger partial charge in [0, 0.05) is 13.1 Å². The number of likely N-dealkylation sites (tertiary alicyclic amines) is 1. The van der Waals surface area contributed by atoms with Gasteiger partial charge in [0.05, 0.1) is 30.8 Å². The molecule has 0 bridgehead atoms. The van der Waals surface area contributed by atoms with Crippen LogP contribution >= 0.6 is 0 Å². The van der Waals surface area contributed by atoms with Crippen LogP contribution in [-0.2, 0) is 23.8 Å². The number of unbranched alkanes of at least 4 members (excludes halogenated alkanes) is 1. The normalized spacial score (nSPS) is 15.7.